The zero-order chi connectivity index (χ0) is 12.5. The van der Waals surface area contributed by atoms with E-state index < -0.39 is 12.0 Å². The van der Waals surface area contributed by atoms with Crippen molar-refractivity contribution in [1.82, 2.24) is 0 Å². The number of aliphatic carboxylic acids is 1. The predicted octanol–water partition coefficient (Wildman–Crippen LogP) is -1.11. The van der Waals surface area contributed by atoms with Crippen molar-refractivity contribution in [3.63, 3.8) is 0 Å². The van der Waals surface area contributed by atoms with Gasteiger partial charge in [0.05, 0.1) is 5.75 Å². The molecular weight excluding hydrogens is 254 g/mol. The van der Waals surface area contributed by atoms with Crippen LogP contribution in [0.1, 0.15) is 10.9 Å². The van der Waals surface area contributed by atoms with Crippen molar-refractivity contribution in [3.8, 4) is 11.5 Å². The van der Waals surface area contributed by atoms with E-state index in [9.17, 15) is 9.90 Å². The monoisotopic (exact) mass is 267 g/mol. The first-order chi connectivity index (χ1) is 8.74. The second-order valence-corrected chi connectivity index (χ2v) is 5.45. The third-order valence-electron chi connectivity index (χ3n) is 3.06. The summed E-state index contributed by atoms with van der Waals surface area (Å²) in [7, 11) is 0. The molecule has 6 heteroatoms. The standard InChI is InChI=1S/C12H13NO4S/c14-12(15)8-6-18-11(13-8)7-1-2-9-10(5-7)17-4-3-16-9/h1-2,5,8,11,13H,3-4,6H2,(H,14,15)/t8-,11+/m1/s1. The molecule has 0 unspecified atom stereocenters. The molecule has 1 aromatic rings. The molecule has 1 fully saturated rings. The predicted molar refractivity (Wildman–Crippen MR) is 63.4 cm³/mol. The second kappa shape index (κ2) is 4.70. The van der Waals surface area contributed by atoms with E-state index in [0.29, 0.717) is 19.0 Å². The maximum atomic E-state index is 10.8. The first-order valence-electron chi connectivity index (χ1n) is 5.81. The van der Waals surface area contributed by atoms with Gasteiger partial charge in [-0.2, -0.15) is 0 Å². The third-order valence-corrected chi connectivity index (χ3v) is 4.40. The number of ether oxygens (including phenoxy) is 2. The number of rotatable bonds is 2. The molecule has 2 heterocycles. The molecule has 0 aliphatic carbocycles. The molecule has 0 spiro atoms. The van der Waals surface area contributed by atoms with E-state index in [2.05, 4.69) is 0 Å². The van der Waals surface area contributed by atoms with Gasteiger partial charge in [-0.3, -0.25) is 0 Å². The molecule has 18 heavy (non-hydrogen) atoms. The molecule has 0 saturated carbocycles. The van der Waals surface area contributed by atoms with Gasteiger partial charge < -0.3 is 24.7 Å². The van der Waals surface area contributed by atoms with E-state index in [1.54, 1.807) is 11.8 Å². The van der Waals surface area contributed by atoms with Crippen LogP contribution in [-0.2, 0) is 4.79 Å². The Balaban J connectivity index is 1.79. The van der Waals surface area contributed by atoms with Crippen LogP contribution in [0.15, 0.2) is 18.2 Å². The Morgan fingerprint density at radius 1 is 1.33 bits per heavy atom. The molecule has 2 aliphatic heterocycles. The highest BCUT2D eigenvalue weighted by molar-refractivity contribution is 7.99. The van der Waals surface area contributed by atoms with Gasteiger partial charge in [0, 0.05) is 5.56 Å². The highest BCUT2D eigenvalue weighted by Gasteiger charge is 2.31. The molecule has 5 nitrogen and oxygen atoms in total. The second-order valence-electron chi connectivity index (χ2n) is 4.28. The third kappa shape index (κ3) is 2.13. The van der Waals surface area contributed by atoms with E-state index in [1.165, 1.54) is 0 Å². The number of hydrogen-bond acceptors (Lipinski definition) is 5. The van der Waals surface area contributed by atoms with Crippen LogP contribution >= 0.6 is 11.8 Å². The summed E-state index contributed by atoms with van der Waals surface area (Å²) in [6.45, 7) is 1.13. The SMILES string of the molecule is O=C([O-])[C@H]1CS[C@@H](c2ccc3c(c2)OCCO3)[NH2+]1. The van der Waals surface area contributed by atoms with Crippen LogP contribution in [0, 0.1) is 0 Å². The van der Waals surface area contributed by atoms with Crippen LogP contribution in [0.3, 0.4) is 0 Å². The lowest BCUT2D eigenvalue weighted by molar-refractivity contribution is -0.690. The minimum absolute atomic E-state index is 0.0868. The fourth-order valence-corrected chi connectivity index (χ4v) is 3.42. The zero-order valence-corrected chi connectivity index (χ0v) is 10.4. The lowest BCUT2D eigenvalue weighted by atomic mass is 10.2. The average molecular weight is 267 g/mol. The maximum absolute atomic E-state index is 10.8. The van der Waals surface area contributed by atoms with Gasteiger partial charge in [0.2, 0.25) is 0 Å². The van der Waals surface area contributed by atoms with Crippen molar-refractivity contribution in [2.75, 3.05) is 19.0 Å². The van der Waals surface area contributed by atoms with Crippen molar-refractivity contribution < 1.29 is 24.7 Å². The minimum atomic E-state index is -0.998. The molecule has 1 saturated heterocycles. The van der Waals surface area contributed by atoms with Gasteiger partial charge >= 0.3 is 0 Å². The number of fused-ring (bicyclic) bond motifs is 1. The molecular formula is C12H13NO4S. The van der Waals surface area contributed by atoms with Gasteiger partial charge in [0.25, 0.3) is 0 Å². The van der Waals surface area contributed by atoms with Gasteiger partial charge in [-0.25, -0.2) is 0 Å². The molecule has 0 bridgehead atoms. The minimum Gasteiger partial charge on any atom is -0.544 e. The molecule has 0 amide bonds. The van der Waals surface area contributed by atoms with Crippen LogP contribution in [0.2, 0.25) is 0 Å². The summed E-state index contributed by atoms with van der Waals surface area (Å²) in [6.07, 6.45) is 0. The Bertz CT molecular complexity index is 479. The number of carbonyl (C=O) groups is 1. The van der Waals surface area contributed by atoms with Crippen molar-refractivity contribution >= 4 is 17.7 Å². The van der Waals surface area contributed by atoms with Gasteiger partial charge in [-0.15, -0.1) is 0 Å². The van der Waals surface area contributed by atoms with Crippen molar-refractivity contribution in [2.45, 2.75) is 11.4 Å². The first kappa shape index (κ1) is 11.7. The highest BCUT2D eigenvalue weighted by Crippen LogP contribution is 2.35. The quantitative estimate of drug-likeness (QED) is 0.735. The summed E-state index contributed by atoms with van der Waals surface area (Å²) >= 11 is 1.61. The summed E-state index contributed by atoms with van der Waals surface area (Å²) < 4.78 is 11.0. The molecule has 2 aliphatic rings. The normalized spacial score (nSPS) is 26.0. The number of carboxylic acid groups (broad SMARTS) is 1. The first-order valence-corrected chi connectivity index (χ1v) is 6.86. The van der Waals surface area contributed by atoms with E-state index in [4.69, 9.17) is 9.47 Å². The van der Waals surface area contributed by atoms with Gasteiger partial charge in [-0.05, 0) is 18.2 Å². The molecule has 1 aromatic carbocycles. The number of benzene rings is 1. The summed E-state index contributed by atoms with van der Waals surface area (Å²) in [5.74, 6) is 1.07. The Hall–Kier alpha value is -1.40. The Labute approximate surface area is 108 Å². The number of hydrogen-bond donors (Lipinski definition) is 1. The lowest BCUT2D eigenvalue weighted by Gasteiger charge is -2.19. The smallest absolute Gasteiger partial charge is 0.161 e. The van der Waals surface area contributed by atoms with Crippen molar-refractivity contribution in [1.29, 1.82) is 0 Å². The average Bonchev–Trinajstić information content (AvgIpc) is 2.88. The summed E-state index contributed by atoms with van der Waals surface area (Å²) in [5, 5.41) is 12.7. The van der Waals surface area contributed by atoms with Gasteiger partial charge in [-0.1, -0.05) is 11.8 Å². The van der Waals surface area contributed by atoms with Crippen LogP contribution in [-0.4, -0.2) is 31.0 Å². The summed E-state index contributed by atoms with van der Waals surface area (Å²) in [6, 6.07) is 5.30. The Morgan fingerprint density at radius 2 is 2.11 bits per heavy atom. The van der Waals surface area contributed by atoms with Crippen LogP contribution in [0.5, 0.6) is 11.5 Å². The number of quaternary nitrogens is 1. The largest absolute Gasteiger partial charge is 0.544 e. The highest BCUT2D eigenvalue weighted by atomic mass is 32.2. The zero-order valence-electron chi connectivity index (χ0n) is 9.63. The molecule has 3 rings (SSSR count). The summed E-state index contributed by atoms with van der Waals surface area (Å²) in [4.78, 5) is 10.8. The molecule has 0 radical (unpaired) electrons. The van der Waals surface area contributed by atoms with Gasteiger partial charge in [0.1, 0.15) is 25.2 Å². The van der Waals surface area contributed by atoms with E-state index >= 15 is 0 Å². The number of carboxylic acids is 1. The number of carbonyl (C=O) groups excluding carboxylic acids is 1. The van der Waals surface area contributed by atoms with E-state index in [0.717, 1.165) is 17.1 Å². The Morgan fingerprint density at radius 3 is 2.83 bits per heavy atom. The molecule has 2 N–H and O–H groups in total. The van der Waals surface area contributed by atoms with Crippen LogP contribution in [0.4, 0.5) is 0 Å². The fourth-order valence-electron chi connectivity index (χ4n) is 2.12. The molecule has 2 atom stereocenters. The number of thioether (sulfide) groups is 1. The van der Waals surface area contributed by atoms with Crippen molar-refractivity contribution in [3.05, 3.63) is 23.8 Å². The van der Waals surface area contributed by atoms with Crippen molar-refractivity contribution in [2.24, 2.45) is 0 Å². The topological polar surface area (TPSA) is 75.2 Å². The number of nitrogens with two attached hydrogens (primary N) is 1. The molecule has 0 aromatic heterocycles. The lowest BCUT2D eigenvalue weighted by Crippen LogP contribution is -2.90. The van der Waals surface area contributed by atoms with E-state index in [-0.39, 0.29) is 5.37 Å². The summed E-state index contributed by atoms with van der Waals surface area (Å²) in [5.41, 5.74) is 1.05. The molecule has 96 valence electrons. The van der Waals surface area contributed by atoms with Crippen LogP contribution in [0.25, 0.3) is 0 Å². The fraction of sp³-hybridized carbons (Fsp3) is 0.417. The maximum Gasteiger partial charge on any atom is 0.161 e. The van der Waals surface area contributed by atoms with Crippen LogP contribution < -0.4 is 19.9 Å². The van der Waals surface area contributed by atoms with E-state index in [1.807, 2.05) is 23.5 Å². The van der Waals surface area contributed by atoms with Gasteiger partial charge in [0.15, 0.2) is 16.9 Å². The Kier molecular flexibility index (Phi) is 3.05.